The number of halogens is 1. The maximum atomic E-state index is 10.7. The summed E-state index contributed by atoms with van der Waals surface area (Å²) in [6, 6.07) is 8.08. The third-order valence-electron chi connectivity index (χ3n) is 2.84. The van der Waals surface area contributed by atoms with Gasteiger partial charge in [0, 0.05) is 16.6 Å². The summed E-state index contributed by atoms with van der Waals surface area (Å²) in [5.74, 6) is 1.13. The highest BCUT2D eigenvalue weighted by Crippen LogP contribution is 2.32. The molecule has 2 aromatic rings. The van der Waals surface area contributed by atoms with Gasteiger partial charge < -0.3 is 10.5 Å². The van der Waals surface area contributed by atoms with E-state index < -0.39 is 4.92 Å². The van der Waals surface area contributed by atoms with E-state index in [4.69, 9.17) is 10.5 Å². The number of nitrogen functional groups attached to an aromatic ring is 1. The van der Waals surface area contributed by atoms with Crippen LogP contribution in [0.1, 0.15) is 11.1 Å². The van der Waals surface area contributed by atoms with Crippen molar-refractivity contribution in [2.45, 2.75) is 13.8 Å². The highest BCUT2D eigenvalue weighted by molar-refractivity contribution is 9.10. The number of rotatable bonds is 3. The minimum absolute atomic E-state index is 0.0815. The number of benzene rings is 2. The Morgan fingerprint density at radius 3 is 2.25 bits per heavy atom. The summed E-state index contributed by atoms with van der Waals surface area (Å²) in [4.78, 5) is 10.2. The van der Waals surface area contributed by atoms with Crippen LogP contribution in [0.2, 0.25) is 0 Å². The van der Waals surface area contributed by atoms with Crippen molar-refractivity contribution < 1.29 is 9.66 Å². The van der Waals surface area contributed by atoms with E-state index in [1.54, 1.807) is 0 Å². The lowest BCUT2D eigenvalue weighted by Crippen LogP contribution is -1.96. The average molecular weight is 337 g/mol. The molecule has 0 saturated carbocycles. The molecule has 0 unspecified atom stereocenters. The Kier molecular flexibility index (Phi) is 3.94. The van der Waals surface area contributed by atoms with Crippen molar-refractivity contribution in [2.24, 2.45) is 0 Å². The molecule has 104 valence electrons. The summed E-state index contributed by atoms with van der Waals surface area (Å²) in [6.07, 6.45) is 0. The molecule has 0 fully saturated rings. The molecule has 0 amide bonds. The van der Waals surface area contributed by atoms with Gasteiger partial charge in [0.15, 0.2) is 0 Å². The van der Waals surface area contributed by atoms with Crippen LogP contribution in [0.4, 0.5) is 11.4 Å². The Morgan fingerprint density at radius 2 is 1.75 bits per heavy atom. The molecule has 6 heteroatoms. The lowest BCUT2D eigenvalue weighted by molar-refractivity contribution is -0.383. The van der Waals surface area contributed by atoms with E-state index in [0.717, 1.165) is 15.6 Å². The number of nitrogens with zero attached hydrogens (tertiary/aromatic N) is 1. The smallest absolute Gasteiger partial charge is 0.292 e. The molecule has 0 heterocycles. The maximum Gasteiger partial charge on any atom is 0.292 e. The Hall–Kier alpha value is -2.08. The number of nitrogens with two attached hydrogens (primary N) is 1. The van der Waals surface area contributed by atoms with Gasteiger partial charge in [0.2, 0.25) is 0 Å². The molecule has 2 aromatic carbocycles. The van der Waals surface area contributed by atoms with Gasteiger partial charge in [0.05, 0.1) is 4.92 Å². The lowest BCUT2D eigenvalue weighted by Gasteiger charge is -2.10. The Bertz CT molecular complexity index is 663. The van der Waals surface area contributed by atoms with Gasteiger partial charge in [-0.15, -0.1) is 0 Å². The third-order valence-corrected chi connectivity index (χ3v) is 4.09. The fraction of sp³-hybridized carbons (Fsp3) is 0.143. The third kappa shape index (κ3) is 2.91. The standard InChI is InChI=1S/C14H13BrN2O3/c1-8-5-11(6-9(2)14(8)15)20-10-3-4-13(17(18)19)12(16)7-10/h3-7H,16H2,1-2H3. The molecule has 0 radical (unpaired) electrons. The lowest BCUT2D eigenvalue weighted by atomic mass is 10.1. The van der Waals surface area contributed by atoms with E-state index in [0.29, 0.717) is 11.5 Å². The zero-order chi connectivity index (χ0) is 14.9. The normalized spacial score (nSPS) is 10.3. The fourth-order valence-electron chi connectivity index (χ4n) is 1.86. The van der Waals surface area contributed by atoms with Crippen molar-refractivity contribution in [1.29, 1.82) is 0 Å². The highest BCUT2D eigenvalue weighted by Gasteiger charge is 2.12. The van der Waals surface area contributed by atoms with E-state index in [1.165, 1.54) is 18.2 Å². The predicted octanol–water partition coefficient (Wildman–Crippen LogP) is 4.35. The van der Waals surface area contributed by atoms with E-state index >= 15 is 0 Å². The Morgan fingerprint density at radius 1 is 1.15 bits per heavy atom. The van der Waals surface area contributed by atoms with Gasteiger partial charge in [0.1, 0.15) is 17.2 Å². The molecule has 0 saturated heterocycles. The van der Waals surface area contributed by atoms with Crippen LogP contribution in [0.5, 0.6) is 11.5 Å². The van der Waals surface area contributed by atoms with Crippen molar-refractivity contribution >= 4 is 27.3 Å². The van der Waals surface area contributed by atoms with Crippen LogP contribution in [0, 0.1) is 24.0 Å². The molecule has 0 aliphatic rings. The Balaban J connectivity index is 2.31. The number of hydrogen-bond donors (Lipinski definition) is 1. The molecular formula is C14H13BrN2O3. The van der Waals surface area contributed by atoms with Crippen molar-refractivity contribution in [3.05, 3.63) is 56.0 Å². The summed E-state index contributed by atoms with van der Waals surface area (Å²) >= 11 is 3.49. The topological polar surface area (TPSA) is 78.4 Å². The first kappa shape index (κ1) is 14.3. The van der Waals surface area contributed by atoms with Gasteiger partial charge in [-0.25, -0.2) is 0 Å². The highest BCUT2D eigenvalue weighted by atomic mass is 79.9. The van der Waals surface area contributed by atoms with Crippen LogP contribution in [-0.2, 0) is 0 Å². The quantitative estimate of drug-likeness (QED) is 0.513. The van der Waals surface area contributed by atoms with Crippen molar-refractivity contribution in [1.82, 2.24) is 0 Å². The van der Waals surface area contributed by atoms with E-state index in [2.05, 4.69) is 15.9 Å². The molecule has 0 aromatic heterocycles. The van der Waals surface area contributed by atoms with E-state index in [1.807, 2.05) is 26.0 Å². The van der Waals surface area contributed by atoms with Crippen molar-refractivity contribution in [3.8, 4) is 11.5 Å². The summed E-state index contributed by atoms with van der Waals surface area (Å²) in [5.41, 5.74) is 7.69. The number of ether oxygens (including phenoxy) is 1. The minimum atomic E-state index is -0.521. The number of aryl methyl sites for hydroxylation is 2. The number of nitro groups is 1. The number of nitro benzene ring substituents is 1. The average Bonchev–Trinajstić information content (AvgIpc) is 2.35. The van der Waals surface area contributed by atoms with E-state index in [-0.39, 0.29) is 11.4 Å². The second kappa shape index (κ2) is 5.50. The molecule has 0 bridgehead atoms. The zero-order valence-electron chi connectivity index (χ0n) is 11.0. The van der Waals surface area contributed by atoms with Crippen molar-refractivity contribution in [2.75, 3.05) is 5.73 Å². The first-order chi connectivity index (χ1) is 9.38. The zero-order valence-corrected chi connectivity index (χ0v) is 12.6. The maximum absolute atomic E-state index is 10.7. The van der Waals surface area contributed by atoms with Crippen molar-refractivity contribution in [3.63, 3.8) is 0 Å². The minimum Gasteiger partial charge on any atom is -0.457 e. The van der Waals surface area contributed by atoms with Gasteiger partial charge in [0.25, 0.3) is 5.69 Å². The van der Waals surface area contributed by atoms with Gasteiger partial charge in [-0.05, 0) is 43.2 Å². The molecule has 0 aliphatic carbocycles. The molecule has 0 spiro atoms. The molecular weight excluding hydrogens is 324 g/mol. The van der Waals surface area contributed by atoms with Crippen LogP contribution >= 0.6 is 15.9 Å². The SMILES string of the molecule is Cc1cc(Oc2ccc([N+](=O)[O-])c(N)c2)cc(C)c1Br. The largest absolute Gasteiger partial charge is 0.457 e. The summed E-state index contributed by atoms with van der Waals surface area (Å²) in [6.45, 7) is 3.93. The molecule has 20 heavy (non-hydrogen) atoms. The fourth-order valence-corrected chi connectivity index (χ4v) is 2.09. The molecule has 0 atom stereocenters. The van der Waals surface area contributed by atoms with Crippen LogP contribution in [0.3, 0.4) is 0 Å². The molecule has 5 nitrogen and oxygen atoms in total. The van der Waals surface area contributed by atoms with Gasteiger partial charge >= 0.3 is 0 Å². The van der Waals surface area contributed by atoms with Crippen LogP contribution in [-0.4, -0.2) is 4.92 Å². The molecule has 2 rings (SSSR count). The van der Waals surface area contributed by atoms with Gasteiger partial charge in [-0.1, -0.05) is 15.9 Å². The monoisotopic (exact) mass is 336 g/mol. The number of hydrogen-bond acceptors (Lipinski definition) is 4. The second-order valence-electron chi connectivity index (χ2n) is 4.45. The summed E-state index contributed by atoms with van der Waals surface area (Å²) in [7, 11) is 0. The van der Waals surface area contributed by atoms with Crippen LogP contribution < -0.4 is 10.5 Å². The number of anilines is 1. The second-order valence-corrected chi connectivity index (χ2v) is 5.24. The predicted molar refractivity (Wildman–Crippen MR) is 81.2 cm³/mol. The first-order valence-corrected chi connectivity index (χ1v) is 6.66. The Labute approximate surface area is 124 Å². The molecule has 2 N–H and O–H groups in total. The summed E-state index contributed by atoms with van der Waals surface area (Å²) < 4.78 is 6.72. The van der Waals surface area contributed by atoms with Gasteiger partial charge in [-0.3, -0.25) is 10.1 Å². The molecule has 0 aliphatic heterocycles. The van der Waals surface area contributed by atoms with E-state index in [9.17, 15) is 10.1 Å². The van der Waals surface area contributed by atoms with Crippen LogP contribution in [0.15, 0.2) is 34.8 Å². The summed E-state index contributed by atoms with van der Waals surface area (Å²) in [5, 5.41) is 10.7. The van der Waals surface area contributed by atoms with Gasteiger partial charge in [-0.2, -0.15) is 0 Å². The first-order valence-electron chi connectivity index (χ1n) is 5.87. The van der Waals surface area contributed by atoms with Crippen LogP contribution in [0.25, 0.3) is 0 Å².